The van der Waals surface area contributed by atoms with Gasteiger partial charge in [-0.15, -0.1) is 23.1 Å². The Hall–Kier alpha value is -2.08. The summed E-state index contributed by atoms with van der Waals surface area (Å²) in [6.07, 6.45) is 1.91. The van der Waals surface area contributed by atoms with Gasteiger partial charge in [-0.3, -0.25) is 4.79 Å². The van der Waals surface area contributed by atoms with E-state index in [2.05, 4.69) is 31.1 Å². The van der Waals surface area contributed by atoms with E-state index in [4.69, 9.17) is 11.3 Å². The Balaban J connectivity index is 2.07. The predicted octanol–water partition coefficient (Wildman–Crippen LogP) is 5.58. The molecule has 1 amide bonds. The Morgan fingerprint density at radius 2 is 2.11 bits per heavy atom. The number of ether oxygens (including phenoxy) is 1. The van der Waals surface area contributed by atoms with Gasteiger partial charge in [-0.05, 0) is 53.4 Å². The van der Waals surface area contributed by atoms with Crippen LogP contribution in [0, 0.1) is 6.57 Å². The van der Waals surface area contributed by atoms with Gasteiger partial charge in [0.2, 0.25) is 0 Å². The lowest BCUT2D eigenvalue weighted by Crippen LogP contribution is -2.33. The van der Waals surface area contributed by atoms with E-state index in [-0.39, 0.29) is 11.8 Å². The molecule has 0 radical (unpaired) electrons. The Labute approximate surface area is 180 Å². The molecule has 1 aromatic heterocycles. The monoisotopic (exact) mass is 475 g/mol. The summed E-state index contributed by atoms with van der Waals surface area (Å²) in [6.45, 7) is 9.57. The number of thioether (sulfide) groups is 1. The summed E-state index contributed by atoms with van der Waals surface area (Å²) in [5, 5.41) is 3.67. The lowest BCUT2D eigenvalue weighted by molar-refractivity contribution is -0.113. The van der Waals surface area contributed by atoms with E-state index in [0.29, 0.717) is 22.7 Å². The number of hydrogen-bond acceptors (Lipinski definition) is 5. The lowest BCUT2D eigenvalue weighted by Gasteiger charge is -2.26. The number of nitrogens with zero attached hydrogens (tertiary/aromatic N) is 2. The van der Waals surface area contributed by atoms with Crippen molar-refractivity contribution in [2.24, 2.45) is 4.99 Å². The summed E-state index contributed by atoms with van der Waals surface area (Å²) < 4.78 is 6.30. The molecule has 8 heteroatoms. The van der Waals surface area contributed by atoms with E-state index in [1.165, 1.54) is 23.1 Å². The zero-order valence-electron chi connectivity index (χ0n) is 15.5. The number of thiophene rings is 1. The van der Waals surface area contributed by atoms with E-state index in [1.54, 1.807) is 19.2 Å². The van der Waals surface area contributed by atoms with Gasteiger partial charge in [-0.2, -0.15) is 0 Å². The molecule has 28 heavy (non-hydrogen) atoms. The highest BCUT2D eigenvalue weighted by Gasteiger charge is 2.43. The molecule has 5 nitrogen and oxygen atoms in total. The van der Waals surface area contributed by atoms with Crippen molar-refractivity contribution in [3.63, 3.8) is 0 Å². The number of carbonyl (C=O) groups excluding carboxylic acids is 1. The molecule has 0 saturated heterocycles. The van der Waals surface area contributed by atoms with E-state index in [1.807, 2.05) is 37.4 Å². The number of allylic oxidation sites excluding steroid dienone is 1. The maximum atomic E-state index is 13.3. The van der Waals surface area contributed by atoms with Crippen molar-refractivity contribution in [3.8, 4) is 5.75 Å². The summed E-state index contributed by atoms with van der Waals surface area (Å²) >= 11 is 6.48. The van der Waals surface area contributed by atoms with Gasteiger partial charge in [0.25, 0.3) is 11.9 Å². The topological polar surface area (TPSA) is 55.0 Å². The smallest absolute Gasteiger partial charge is 0.282 e. The van der Waals surface area contributed by atoms with Crippen LogP contribution in [0.15, 0.2) is 56.4 Å². The van der Waals surface area contributed by atoms with Crippen molar-refractivity contribution < 1.29 is 9.53 Å². The van der Waals surface area contributed by atoms with Crippen LogP contribution in [-0.4, -0.2) is 30.4 Å². The lowest BCUT2D eigenvalue weighted by atomic mass is 9.86. The Morgan fingerprint density at radius 3 is 2.71 bits per heavy atom. The number of anilines is 1. The predicted molar refractivity (Wildman–Crippen MR) is 120 cm³/mol. The number of aliphatic imine (C=N–C) groups is 1. The molecular weight excluding hydrogens is 458 g/mol. The van der Waals surface area contributed by atoms with Gasteiger partial charge in [0.15, 0.2) is 5.04 Å². The molecule has 1 aliphatic heterocycles. The van der Waals surface area contributed by atoms with Crippen molar-refractivity contribution in [2.75, 3.05) is 18.7 Å². The fourth-order valence-electron chi connectivity index (χ4n) is 3.15. The number of amides is 1. The minimum Gasteiger partial charge on any atom is -0.495 e. The summed E-state index contributed by atoms with van der Waals surface area (Å²) in [4.78, 5) is 22.6. The Morgan fingerprint density at radius 1 is 1.36 bits per heavy atom. The van der Waals surface area contributed by atoms with E-state index in [9.17, 15) is 4.79 Å². The first-order valence-electron chi connectivity index (χ1n) is 8.39. The highest BCUT2D eigenvalue weighted by Crippen LogP contribution is 2.42. The number of halogens is 1. The number of hydrogen-bond donors (Lipinski definition) is 1. The average molecular weight is 476 g/mol. The number of methoxy groups -OCH3 is 1. The number of carbonyl (C=O) groups is 1. The van der Waals surface area contributed by atoms with Gasteiger partial charge >= 0.3 is 0 Å². The number of rotatable bonds is 4. The average Bonchev–Trinajstić information content (AvgIpc) is 3.13. The fraction of sp³-hybridized carbons (Fsp3) is 0.250. The quantitative estimate of drug-likeness (QED) is 0.587. The number of nitrogens with one attached hydrogen (secondary N) is 1. The first-order valence-corrected chi connectivity index (χ1v) is 11.2. The number of para-hydroxylation sites is 2. The second kappa shape index (κ2) is 8.95. The third kappa shape index (κ3) is 4.02. The minimum atomic E-state index is -0.525. The highest BCUT2D eigenvalue weighted by atomic mass is 79.9. The molecule has 1 aliphatic rings. The summed E-state index contributed by atoms with van der Waals surface area (Å²) in [5.41, 5.74) is 1.73. The van der Waals surface area contributed by atoms with Crippen molar-refractivity contribution in [1.82, 2.24) is 0 Å². The molecule has 0 saturated carbocycles. The number of benzene rings is 1. The van der Waals surface area contributed by atoms with Crippen LogP contribution in [0.5, 0.6) is 5.75 Å². The highest BCUT2D eigenvalue weighted by molar-refractivity contribution is 9.11. The van der Waals surface area contributed by atoms with Crippen LogP contribution in [-0.2, 0) is 4.79 Å². The molecule has 2 aromatic rings. The minimum absolute atomic E-state index is 0.269. The standard InChI is InChI=1S/C20H18BrN3O2S2/c1-11-16(19(25)24-12-7-5-6-8-13(12)26-3)17(14-9-10-15(21)28-14)18(22-2)20(23-11)27-4/h5-10,17-18H,1,3-4H3,(H,24,25). The van der Waals surface area contributed by atoms with E-state index in [0.717, 1.165) is 13.7 Å². The maximum Gasteiger partial charge on any atom is 0.282 e. The van der Waals surface area contributed by atoms with Crippen LogP contribution in [0.1, 0.15) is 17.7 Å². The first kappa shape index (κ1) is 20.6. The molecule has 0 aliphatic carbocycles. The van der Waals surface area contributed by atoms with Crippen LogP contribution < -0.4 is 10.1 Å². The molecular formula is C20H18BrN3O2S2. The Bertz CT molecular complexity index is 1010. The van der Waals surface area contributed by atoms with Crippen molar-refractivity contribution in [3.05, 3.63) is 67.7 Å². The second-order valence-electron chi connectivity index (χ2n) is 6.00. The van der Waals surface area contributed by atoms with Crippen molar-refractivity contribution >= 4 is 55.7 Å². The zero-order chi connectivity index (χ0) is 20.3. The molecule has 0 fully saturated rings. The largest absolute Gasteiger partial charge is 0.495 e. The molecule has 1 aromatic carbocycles. The molecule has 2 heterocycles. The van der Waals surface area contributed by atoms with Crippen LogP contribution in [0.2, 0.25) is 0 Å². The fourth-order valence-corrected chi connectivity index (χ4v) is 5.37. The van der Waals surface area contributed by atoms with Crippen LogP contribution in [0.4, 0.5) is 5.69 Å². The summed E-state index contributed by atoms with van der Waals surface area (Å²) in [7, 11) is 1.56. The third-order valence-electron chi connectivity index (χ3n) is 4.40. The zero-order valence-corrected chi connectivity index (χ0v) is 18.7. The van der Waals surface area contributed by atoms with Gasteiger partial charge in [0.05, 0.1) is 22.2 Å². The van der Waals surface area contributed by atoms with Crippen LogP contribution in [0.3, 0.4) is 0 Å². The SMILES string of the molecule is [C-]#[N+]C1C(SC)=NC(C)=C(C(=O)Nc2ccccc2OC)C1c1ccc(Br)s1. The third-order valence-corrected chi connectivity index (χ3v) is 6.85. The van der Waals surface area contributed by atoms with Gasteiger partial charge in [0, 0.05) is 10.6 Å². The Kier molecular flexibility index (Phi) is 6.60. The van der Waals surface area contributed by atoms with Gasteiger partial charge in [0.1, 0.15) is 11.7 Å². The molecule has 3 rings (SSSR count). The van der Waals surface area contributed by atoms with Gasteiger partial charge in [-0.1, -0.05) is 12.1 Å². The summed E-state index contributed by atoms with van der Waals surface area (Å²) in [6, 6.07) is 10.6. The molecule has 2 atom stereocenters. The molecule has 0 bridgehead atoms. The van der Waals surface area contributed by atoms with E-state index >= 15 is 0 Å². The molecule has 144 valence electrons. The summed E-state index contributed by atoms with van der Waals surface area (Å²) in [5.74, 6) is -0.0621. The normalized spacial score (nSPS) is 19.0. The van der Waals surface area contributed by atoms with E-state index < -0.39 is 6.04 Å². The molecule has 2 unspecified atom stereocenters. The van der Waals surface area contributed by atoms with Crippen molar-refractivity contribution in [2.45, 2.75) is 18.9 Å². The van der Waals surface area contributed by atoms with Gasteiger partial charge in [-0.25, -0.2) is 11.6 Å². The first-order chi connectivity index (χ1) is 13.5. The molecule has 1 N–H and O–H groups in total. The van der Waals surface area contributed by atoms with Crippen LogP contribution >= 0.6 is 39.0 Å². The molecule has 0 spiro atoms. The van der Waals surface area contributed by atoms with Crippen molar-refractivity contribution in [1.29, 1.82) is 0 Å². The maximum absolute atomic E-state index is 13.3. The van der Waals surface area contributed by atoms with Crippen LogP contribution in [0.25, 0.3) is 4.85 Å². The van der Waals surface area contributed by atoms with Gasteiger partial charge < -0.3 is 14.9 Å². The second-order valence-corrected chi connectivity index (χ2v) is 9.32.